The van der Waals surface area contributed by atoms with Gasteiger partial charge in [0.25, 0.3) is 0 Å². The summed E-state index contributed by atoms with van der Waals surface area (Å²) in [6.07, 6.45) is 4.14. The molecule has 82 valence electrons. The second kappa shape index (κ2) is 6.56. The Labute approximate surface area is 84.8 Å². The van der Waals surface area contributed by atoms with Gasteiger partial charge in [0.15, 0.2) is 0 Å². The van der Waals surface area contributed by atoms with Gasteiger partial charge in [0.2, 0.25) is 0 Å². The van der Waals surface area contributed by atoms with Crippen LogP contribution in [-0.2, 0) is 4.79 Å². The van der Waals surface area contributed by atoms with Crippen molar-refractivity contribution in [3.8, 4) is 0 Å². The summed E-state index contributed by atoms with van der Waals surface area (Å²) in [5.41, 5.74) is 0. The molecule has 2 atom stereocenters. The first-order chi connectivity index (χ1) is 6.50. The molecule has 0 rings (SSSR count). The predicted octanol–water partition coefficient (Wildman–Crippen LogP) is 0.718. The first-order valence-corrected chi connectivity index (χ1v) is 4.73. The van der Waals surface area contributed by atoms with Crippen LogP contribution in [0.2, 0.25) is 0 Å². The Balaban J connectivity index is 4.22. The number of allylic oxidation sites excluding steroid dienone is 1. The number of hydrogen-bond acceptors (Lipinski definition) is 3. The molecule has 0 aromatic heterocycles. The maximum atomic E-state index is 10.8. The molecule has 0 saturated carbocycles. The van der Waals surface area contributed by atoms with Gasteiger partial charge in [0, 0.05) is 0 Å². The van der Waals surface area contributed by atoms with Gasteiger partial charge in [0.1, 0.15) is 6.04 Å². The van der Waals surface area contributed by atoms with E-state index in [0.29, 0.717) is 6.42 Å². The minimum Gasteiger partial charge on any atom is -0.480 e. The van der Waals surface area contributed by atoms with E-state index >= 15 is 0 Å². The van der Waals surface area contributed by atoms with Crippen LogP contribution in [0.25, 0.3) is 0 Å². The molecule has 2 N–H and O–H groups in total. The lowest BCUT2D eigenvalue weighted by atomic mass is 10.1. The molecule has 4 nitrogen and oxygen atoms in total. The summed E-state index contributed by atoms with van der Waals surface area (Å²) in [5, 5.41) is 18.4. The zero-order valence-corrected chi connectivity index (χ0v) is 8.97. The molecule has 0 heterocycles. The zero-order chi connectivity index (χ0) is 11.1. The SMILES string of the molecule is CC/C=C/C[C@@H](O)[C@H](C(=O)O)N(C)C. The van der Waals surface area contributed by atoms with E-state index in [2.05, 4.69) is 0 Å². The smallest absolute Gasteiger partial charge is 0.323 e. The first-order valence-electron chi connectivity index (χ1n) is 4.73. The maximum Gasteiger partial charge on any atom is 0.323 e. The number of likely N-dealkylation sites (N-methyl/N-ethyl adjacent to an activating group) is 1. The summed E-state index contributed by atoms with van der Waals surface area (Å²) >= 11 is 0. The zero-order valence-electron chi connectivity index (χ0n) is 8.97. The third kappa shape index (κ3) is 4.39. The third-order valence-corrected chi connectivity index (χ3v) is 1.95. The van der Waals surface area contributed by atoms with Crippen molar-refractivity contribution in [1.82, 2.24) is 4.90 Å². The van der Waals surface area contributed by atoms with E-state index in [0.717, 1.165) is 6.42 Å². The van der Waals surface area contributed by atoms with Crippen molar-refractivity contribution < 1.29 is 15.0 Å². The molecule has 0 unspecified atom stereocenters. The van der Waals surface area contributed by atoms with Gasteiger partial charge in [-0.2, -0.15) is 0 Å². The van der Waals surface area contributed by atoms with E-state index in [1.165, 1.54) is 4.90 Å². The number of carbonyl (C=O) groups is 1. The second-order valence-corrected chi connectivity index (χ2v) is 3.43. The first kappa shape index (κ1) is 13.1. The number of aliphatic carboxylic acids is 1. The Hall–Kier alpha value is -0.870. The van der Waals surface area contributed by atoms with Crippen molar-refractivity contribution >= 4 is 5.97 Å². The number of aliphatic hydroxyl groups is 1. The molecule has 0 saturated heterocycles. The maximum absolute atomic E-state index is 10.8. The lowest BCUT2D eigenvalue weighted by Crippen LogP contribution is -2.45. The van der Waals surface area contributed by atoms with Crippen LogP contribution >= 0.6 is 0 Å². The summed E-state index contributed by atoms with van der Waals surface area (Å²) < 4.78 is 0. The summed E-state index contributed by atoms with van der Waals surface area (Å²) in [7, 11) is 3.29. The monoisotopic (exact) mass is 201 g/mol. The van der Waals surface area contributed by atoms with Crippen LogP contribution in [0.4, 0.5) is 0 Å². The Morgan fingerprint density at radius 1 is 1.43 bits per heavy atom. The molecule has 4 heteroatoms. The molecule has 0 spiro atoms. The van der Waals surface area contributed by atoms with Crippen molar-refractivity contribution in [2.24, 2.45) is 0 Å². The highest BCUT2D eigenvalue weighted by Gasteiger charge is 2.27. The van der Waals surface area contributed by atoms with E-state index in [-0.39, 0.29) is 0 Å². The van der Waals surface area contributed by atoms with Crippen LogP contribution in [0.5, 0.6) is 0 Å². The normalized spacial score (nSPS) is 16.1. The van der Waals surface area contributed by atoms with Crippen LogP contribution in [0.15, 0.2) is 12.2 Å². The van der Waals surface area contributed by atoms with Crippen LogP contribution < -0.4 is 0 Å². The number of carboxylic acid groups (broad SMARTS) is 1. The molecule has 0 fully saturated rings. The standard InChI is InChI=1S/C10H19NO3/c1-4-5-6-7-8(12)9(10(13)14)11(2)3/h5-6,8-9,12H,4,7H2,1-3H3,(H,13,14)/b6-5+/t8-,9-/m1/s1. The van der Waals surface area contributed by atoms with E-state index in [1.54, 1.807) is 14.1 Å². The number of carboxylic acids is 1. The fourth-order valence-electron chi connectivity index (χ4n) is 1.26. The van der Waals surface area contributed by atoms with Crippen LogP contribution in [0.1, 0.15) is 19.8 Å². The fraction of sp³-hybridized carbons (Fsp3) is 0.700. The van der Waals surface area contributed by atoms with Gasteiger partial charge in [0.05, 0.1) is 6.10 Å². The molecule has 0 aromatic rings. The van der Waals surface area contributed by atoms with Crippen molar-refractivity contribution in [2.45, 2.75) is 31.9 Å². The fourth-order valence-corrected chi connectivity index (χ4v) is 1.26. The highest BCUT2D eigenvalue weighted by molar-refractivity contribution is 5.74. The Morgan fingerprint density at radius 2 is 2.00 bits per heavy atom. The van der Waals surface area contributed by atoms with Crippen LogP contribution in [0.3, 0.4) is 0 Å². The van der Waals surface area contributed by atoms with Crippen LogP contribution in [0, 0.1) is 0 Å². The molecular formula is C10H19NO3. The summed E-state index contributed by atoms with van der Waals surface area (Å²) in [6, 6.07) is -0.837. The van der Waals surface area contributed by atoms with Crippen molar-refractivity contribution in [3.63, 3.8) is 0 Å². The van der Waals surface area contributed by atoms with Gasteiger partial charge in [-0.25, -0.2) is 0 Å². The summed E-state index contributed by atoms with van der Waals surface area (Å²) in [5.74, 6) is -0.993. The number of rotatable bonds is 6. The van der Waals surface area contributed by atoms with Gasteiger partial charge in [-0.3, -0.25) is 9.69 Å². The van der Waals surface area contributed by atoms with Gasteiger partial charge in [-0.15, -0.1) is 0 Å². The second-order valence-electron chi connectivity index (χ2n) is 3.43. The Bertz CT molecular complexity index is 202. The summed E-state index contributed by atoms with van der Waals surface area (Å²) in [6.45, 7) is 1.99. The molecule has 0 aliphatic carbocycles. The number of nitrogens with zero attached hydrogens (tertiary/aromatic N) is 1. The quantitative estimate of drug-likeness (QED) is 0.622. The average Bonchev–Trinajstić information content (AvgIpc) is 2.03. The van der Waals surface area contributed by atoms with Crippen molar-refractivity contribution in [3.05, 3.63) is 12.2 Å². The molecule has 0 aliphatic rings. The van der Waals surface area contributed by atoms with Crippen molar-refractivity contribution in [2.75, 3.05) is 14.1 Å². The number of hydrogen-bond donors (Lipinski definition) is 2. The predicted molar refractivity (Wildman–Crippen MR) is 55.2 cm³/mol. The van der Waals surface area contributed by atoms with E-state index < -0.39 is 18.1 Å². The number of aliphatic hydroxyl groups excluding tert-OH is 1. The lowest BCUT2D eigenvalue weighted by molar-refractivity contribution is -0.146. The van der Waals surface area contributed by atoms with Gasteiger partial charge < -0.3 is 10.2 Å². The average molecular weight is 201 g/mol. The summed E-state index contributed by atoms with van der Waals surface area (Å²) in [4.78, 5) is 12.3. The highest BCUT2D eigenvalue weighted by atomic mass is 16.4. The molecule has 0 aromatic carbocycles. The third-order valence-electron chi connectivity index (χ3n) is 1.95. The molecule has 0 amide bonds. The molecule has 0 aliphatic heterocycles. The minimum atomic E-state index is -0.993. The minimum absolute atomic E-state index is 0.378. The molecule has 14 heavy (non-hydrogen) atoms. The lowest BCUT2D eigenvalue weighted by Gasteiger charge is -2.24. The molecular weight excluding hydrogens is 182 g/mol. The molecule has 0 radical (unpaired) electrons. The Morgan fingerprint density at radius 3 is 2.36 bits per heavy atom. The van der Waals surface area contributed by atoms with E-state index in [1.807, 2.05) is 19.1 Å². The van der Waals surface area contributed by atoms with Gasteiger partial charge >= 0.3 is 5.97 Å². The van der Waals surface area contributed by atoms with Gasteiger partial charge in [-0.1, -0.05) is 19.1 Å². The van der Waals surface area contributed by atoms with Gasteiger partial charge in [-0.05, 0) is 26.9 Å². The highest BCUT2D eigenvalue weighted by Crippen LogP contribution is 2.06. The Kier molecular flexibility index (Phi) is 6.16. The topological polar surface area (TPSA) is 60.8 Å². The van der Waals surface area contributed by atoms with E-state index in [4.69, 9.17) is 5.11 Å². The van der Waals surface area contributed by atoms with E-state index in [9.17, 15) is 9.90 Å². The molecule has 0 bridgehead atoms. The largest absolute Gasteiger partial charge is 0.480 e. The van der Waals surface area contributed by atoms with Crippen molar-refractivity contribution in [1.29, 1.82) is 0 Å². The van der Waals surface area contributed by atoms with Crippen LogP contribution in [-0.4, -0.2) is 47.3 Å².